The average Bonchev–Trinajstić information content (AvgIpc) is 2.70. The summed E-state index contributed by atoms with van der Waals surface area (Å²) in [5, 5.41) is 6.76. The molecule has 1 unspecified atom stereocenters. The van der Waals surface area contributed by atoms with Crippen LogP contribution in [0, 0.1) is 0 Å². The second kappa shape index (κ2) is 12.5. The maximum absolute atomic E-state index is 5.44. The van der Waals surface area contributed by atoms with E-state index in [0.717, 1.165) is 29.6 Å². The van der Waals surface area contributed by atoms with E-state index < -0.39 is 0 Å². The maximum Gasteiger partial charge on any atom is 0.191 e. The van der Waals surface area contributed by atoms with Crippen molar-refractivity contribution in [3.05, 3.63) is 59.7 Å². The van der Waals surface area contributed by atoms with E-state index in [0.29, 0.717) is 6.54 Å². The van der Waals surface area contributed by atoms with Gasteiger partial charge in [-0.1, -0.05) is 36.4 Å². The highest BCUT2D eigenvalue weighted by Crippen LogP contribution is 2.31. The lowest BCUT2D eigenvalue weighted by atomic mass is 10.1. The van der Waals surface area contributed by atoms with Gasteiger partial charge in [-0.2, -0.15) is 0 Å². The number of nitrogens with zero attached hydrogens (tertiary/aromatic N) is 2. The fraction of sp³-hybridized carbons (Fsp3) is 0.381. The monoisotopic (exact) mass is 498 g/mol. The molecule has 0 aromatic heterocycles. The summed E-state index contributed by atoms with van der Waals surface area (Å²) >= 11 is 0. The molecule has 0 saturated carbocycles. The Balaban J connectivity index is 0.00000392. The number of rotatable bonds is 8. The third-order valence-electron chi connectivity index (χ3n) is 4.40. The summed E-state index contributed by atoms with van der Waals surface area (Å²) in [5.41, 5.74) is 2.35. The van der Waals surface area contributed by atoms with Crippen LogP contribution in [-0.4, -0.2) is 52.8 Å². The minimum atomic E-state index is 0. The van der Waals surface area contributed by atoms with Gasteiger partial charge < -0.3 is 25.0 Å². The van der Waals surface area contributed by atoms with Crippen molar-refractivity contribution in [2.24, 2.45) is 4.99 Å². The molecule has 7 heteroatoms. The number of hydrogen-bond acceptors (Lipinski definition) is 4. The quantitative estimate of drug-likeness (QED) is 0.333. The van der Waals surface area contributed by atoms with Crippen LogP contribution in [0.15, 0.2) is 53.5 Å². The second-order valence-electron chi connectivity index (χ2n) is 6.39. The Kier molecular flexibility index (Phi) is 10.7. The Hall–Kier alpha value is -2.00. The van der Waals surface area contributed by atoms with Gasteiger partial charge in [-0.05, 0) is 37.4 Å². The van der Waals surface area contributed by atoms with Crippen LogP contribution in [-0.2, 0) is 6.54 Å². The van der Waals surface area contributed by atoms with E-state index in [1.54, 1.807) is 21.3 Å². The molecule has 0 fully saturated rings. The largest absolute Gasteiger partial charge is 0.493 e. The van der Waals surface area contributed by atoms with E-state index in [1.165, 1.54) is 5.56 Å². The van der Waals surface area contributed by atoms with Gasteiger partial charge in [0, 0.05) is 20.1 Å². The lowest BCUT2D eigenvalue weighted by Gasteiger charge is -2.26. The normalized spacial score (nSPS) is 12.1. The van der Waals surface area contributed by atoms with Crippen molar-refractivity contribution < 1.29 is 9.47 Å². The van der Waals surface area contributed by atoms with E-state index in [2.05, 4.69) is 52.8 Å². The van der Waals surface area contributed by atoms with Crippen LogP contribution in [0.5, 0.6) is 11.5 Å². The Bertz CT molecular complexity index is 738. The minimum absolute atomic E-state index is 0. The van der Waals surface area contributed by atoms with Gasteiger partial charge in [0.05, 0.1) is 20.3 Å². The van der Waals surface area contributed by atoms with E-state index in [-0.39, 0.29) is 30.0 Å². The fourth-order valence-electron chi connectivity index (χ4n) is 2.85. The molecule has 0 radical (unpaired) electrons. The van der Waals surface area contributed by atoms with Crippen molar-refractivity contribution in [3.63, 3.8) is 0 Å². The second-order valence-corrected chi connectivity index (χ2v) is 6.39. The van der Waals surface area contributed by atoms with Crippen molar-refractivity contribution in [1.82, 2.24) is 15.5 Å². The van der Waals surface area contributed by atoms with Gasteiger partial charge in [-0.15, -0.1) is 24.0 Å². The zero-order valence-corrected chi connectivity index (χ0v) is 19.6. The van der Waals surface area contributed by atoms with Crippen molar-refractivity contribution in [1.29, 1.82) is 0 Å². The van der Waals surface area contributed by atoms with Gasteiger partial charge in [0.25, 0.3) is 0 Å². The highest BCUT2D eigenvalue weighted by molar-refractivity contribution is 14.0. The highest BCUT2D eigenvalue weighted by atomic mass is 127. The molecule has 154 valence electrons. The lowest BCUT2D eigenvalue weighted by Crippen LogP contribution is -2.41. The average molecular weight is 498 g/mol. The third-order valence-corrected chi connectivity index (χ3v) is 4.40. The van der Waals surface area contributed by atoms with Crippen LogP contribution in [0.3, 0.4) is 0 Å². The van der Waals surface area contributed by atoms with Crippen LogP contribution >= 0.6 is 24.0 Å². The molecule has 0 amide bonds. The van der Waals surface area contributed by atoms with Gasteiger partial charge in [-0.3, -0.25) is 4.99 Å². The zero-order valence-electron chi connectivity index (χ0n) is 17.2. The molecule has 0 spiro atoms. The highest BCUT2D eigenvalue weighted by Gasteiger charge is 2.17. The Morgan fingerprint density at radius 2 is 1.68 bits per heavy atom. The minimum Gasteiger partial charge on any atom is -0.493 e. The summed E-state index contributed by atoms with van der Waals surface area (Å²) in [5.74, 6) is 2.23. The van der Waals surface area contributed by atoms with Crippen LogP contribution in [0.2, 0.25) is 0 Å². The molecule has 0 saturated heterocycles. The number of methoxy groups -OCH3 is 2. The molecule has 28 heavy (non-hydrogen) atoms. The number of aliphatic imine (C=N–C) groups is 1. The third kappa shape index (κ3) is 6.87. The van der Waals surface area contributed by atoms with Crippen molar-refractivity contribution >= 4 is 29.9 Å². The van der Waals surface area contributed by atoms with Gasteiger partial charge in [-0.25, -0.2) is 0 Å². The van der Waals surface area contributed by atoms with Crippen molar-refractivity contribution in [2.75, 3.05) is 41.9 Å². The number of halogens is 1. The summed E-state index contributed by atoms with van der Waals surface area (Å²) in [6.45, 7) is 1.43. The first-order chi connectivity index (χ1) is 13.1. The smallest absolute Gasteiger partial charge is 0.191 e. The molecule has 2 rings (SSSR count). The lowest BCUT2D eigenvalue weighted by molar-refractivity contribution is 0.295. The maximum atomic E-state index is 5.44. The first-order valence-electron chi connectivity index (χ1n) is 8.95. The molecular formula is C21H31IN4O2. The van der Waals surface area contributed by atoms with Crippen LogP contribution in [0.25, 0.3) is 0 Å². The molecule has 1 atom stereocenters. The van der Waals surface area contributed by atoms with E-state index in [9.17, 15) is 0 Å². The fourth-order valence-corrected chi connectivity index (χ4v) is 2.85. The molecule has 0 bridgehead atoms. The molecule has 2 N–H and O–H groups in total. The van der Waals surface area contributed by atoms with E-state index in [4.69, 9.17) is 9.47 Å². The number of benzene rings is 2. The molecule has 0 heterocycles. The molecule has 2 aromatic carbocycles. The van der Waals surface area contributed by atoms with E-state index >= 15 is 0 Å². The number of likely N-dealkylation sites (N-methyl/N-ethyl adjacent to an activating group) is 1. The summed E-state index contributed by atoms with van der Waals surface area (Å²) in [6.07, 6.45) is 0. The van der Waals surface area contributed by atoms with Crippen LogP contribution in [0.4, 0.5) is 0 Å². The summed E-state index contributed by atoms with van der Waals surface area (Å²) in [6, 6.07) is 16.4. The van der Waals surface area contributed by atoms with Crippen molar-refractivity contribution in [3.8, 4) is 11.5 Å². The Morgan fingerprint density at radius 3 is 2.25 bits per heavy atom. The molecular weight excluding hydrogens is 467 g/mol. The number of ether oxygens (including phenoxy) is 2. The van der Waals surface area contributed by atoms with Gasteiger partial charge in [0.2, 0.25) is 0 Å². The van der Waals surface area contributed by atoms with Gasteiger partial charge in [0.1, 0.15) is 0 Å². The van der Waals surface area contributed by atoms with Gasteiger partial charge >= 0.3 is 0 Å². The first-order valence-corrected chi connectivity index (χ1v) is 8.95. The van der Waals surface area contributed by atoms with Crippen LogP contribution in [0.1, 0.15) is 17.2 Å². The van der Waals surface area contributed by atoms with Gasteiger partial charge in [0.15, 0.2) is 17.5 Å². The van der Waals surface area contributed by atoms with Crippen LogP contribution < -0.4 is 20.1 Å². The molecule has 0 aliphatic rings. The first kappa shape index (κ1) is 24.0. The predicted molar refractivity (Wildman–Crippen MR) is 126 cm³/mol. The molecule has 2 aromatic rings. The number of hydrogen-bond donors (Lipinski definition) is 2. The Labute approximate surface area is 185 Å². The van der Waals surface area contributed by atoms with Crippen molar-refractivity contribution in [2.45, 2.75) is 12.6 Å². The predicted octanol–water partition coefficient (Wildman–Crippen LogP) is 3.29. The summed E-state index contributed by atoms with van der Waals surface area (Å²) < 4.78 is 10.8. The number of nitrogens with one attached hydrogen (secondary N) is 2. The molecule has 6 nitrogen and oxygen atoms in total. The summed E-state index contributed by atoms with van der Waals surface area (Å²) in [7, 11) is 9.19. The van der Waals surface area contributed by atoms with E-state index in [1.807, 2.05) is 30.3 Å². The SMILES string of the molecule is CN=C(NCc1ccccc1)NCC(c1ccc(OC)c(OC)c1)N(C)C.I. The molecule has 0 aliphatic carbocycles. The summed E-state index contributed by atoms with van der Waals surface area (Å²) in [4.78, 5) is 6.49. The Morgan fingerprint density at radius 1 is 1.00 bits per heavy atom. The topological polar surface area (TPSA) is 58.1 Å². The number of guanidine groups is 1. The zero-order chi connectivity index (χ0) is 19.6. The molecule has 0 aliphatic heterocycles. The standard InChI is InChI=1S/C21H30N4O2.HI/c1-22-21(23-14-16-9-7-6-8-10-16)24-15-18(25(2)3)17-11-12-19(26-4)20(13-17)27-5;/h6-13,18H,14-15H2,1-5H3,(H2,22,23,24);1H.